The molecule has 0 radical (unpaired) electrons. The molecular weight excluding hydrogens is 270 g/mol. The summed E-state index contributed by atoms with van der Waals surface area (Å²) in [5.74, 6) is 0.787. The van der Waals surface area contributed by atoms with Gasteiger partial charge in [-0.25, -0.2) is 4.98 Å². The number of hydrogen-bond donors (Lipinski definition) is 1. The van der Waals surface area contributed by atoms with Crippen molar-refractivity contribution in [2.45, 2.75) is 40.3 Å². The van der Waals surface area contributed by atoms with Gasteiger partial charge in [-0.05, 0) is 38.9 Å². The van der Waals surface area contributed by atoms with Crippen molar-refractivity contribution < 1.29 is 4.74 Å². The van der Waals surface area contributed by atoms with Crippen LogP contribution in [0.15, 0.2) is 18.3 Å². The molecule has 2 aromatic heterocycles. The van der Waals surface area contributed by atoms with Crippen LogP contribution >= 0.6 is 11.3 Å². The quantitative estimate of drug-likeness (QED) is 0.796. The largest absolute Gasteiger partial charge is 0.485 e. The summed E-state index contributed by atoms with van der Waals surface area (Å²) in [6.07, 6.45) is 2.91. The fraction of sp³-hybridized carbons (Fsp3) is 0.467. The van der Waals surface area contributed by atoms with Crippen molar-refractivity contribution in [3.05, 3.63) is 39.6 Å². The lowest BCUT2D eigenvalue weighted by atomic mass is 10.3. The Morgan fingerprint density at radius 2 is 2.15 bits per heavy atom. The van der Waals surface area contributed by atoms with Crippen molar-refractivity contribution in [2.75, 3.05) is 6.54 Å². The van der Waals surface area contributed by atoms with Crippen LogP contribution < -0.4 is 10.1 Å². The van der Waals surface area contributed by atoms with Gasteiger partial charge in [0.15, 0.2) is 0 Å². The van der Waals surface area contributed by atoms with E-state index in [0.29, 0.717) is 6.61 Å². The predicted octanol–water partition coefficient (Wildman–Crippen LogP) is 3.23. The van der Waals surface area contributed by atoms with Crippen LogP contribution in [-0.2, 0) is 13.2 Å². The number of nitrogens with zero attached hydrogens (tertiary/aromatic N) is 2. The highest BCUT2D eigenvalue weighted by Gasteiger charge is 2.04. The number of rotatable bonds is 7. The molecule has 0 aliphatic rings. The fourth-order valence-electron chi connectivity index (χ4n) is 1.74. The SMILES string of the molecule is CCCNCc1ccc(OCc2nc(C)c(C)s2)cn1. The number of hydrogen-bond acceptors (Lipinski definition) is 5. The Balaban J connectivity index is 1.84. The van der Waals surface area contributed by atoms with Gasteiger partial charge in [-0.2, -0.15) is 0 Å². The molecule has 0 aliphatic carbocycles. The van der Waals surface area contributed by atoms with Crippen LogP contribution in [0.4, 0.5) is 0 Å². The highest BCUT2D eigenvalue weighted by Crippen LogP contribution is 2.18. The van der Waals surface area contributed by atoms with Gasteiger partial charge in [0.25, 0.3) is 0 Å². The average molecular weight is 291 g/mol. The van der Waals surface area contributed by atoms with Crippen LogP contribution in [0.25, 0.3) is 0 Å². The monoisotopic (exact) mass is 291 g/mol. The van der Waals surface area contributed by atoms with Gasteiger partial charge in [-0.15, -0.1) is 11.3 Å². The van der Waals surface area contributed by atoms with E-state index in [4.69, 9.17) is 4.74 Å². The first kappa shape index (κ1) is 14.9. The molecule has 2 rings (SSSR count). The summed E-state index contributed by atoms with van der Waals surface area (Å²) in [6, 6.07) is 3.96. The van der Waals surface area contributed by atoms with Crippen LogP contribution in [0.2, 0.25) is 0 Å². The number of nitrogens with one attached hydrogen (secondary N) is 1. The van der Waals surface area contributed by atoms with Gasteiger partial charge in [0.2, 0.25) is 0 Å². The molecule has 20 heavy (non-hydrogen) atoms. The fourth-order valence-corrected chi connectivity index (χ4v) is 2.59. The zero-order valence-corrected chi connectivity index (χ0v) is 13.1. The van der Waals surface area contributed by atoms with E-state index >= 15 is 0 Å². The first-order valence-corrected chi connectivity index (χ1v) is 7.72. The summed E-state index contributed by atoms with van der Waals surface area (Å²) in [5.41, 5.74) is 2.12. The first-order chi connectivity index (χ1) is 9.69. The molecule has 1 N–H and O–H groups in total. The van der Waals surface area contributed by atoms with Gasteiger partial charge >= 0.3 is 0 Å². The number of thiazole rings is 1. The standard InChI is InChI=1S/C15H21N3OS/c1-4-7-16-8-13-5-6-14(9-17-13)19-10-15-18-11(2)12(3)20-15/h5-6,9,16H,4,7-8,10H2,1-3H3. The van der Waals surface area contributed by atoms with Crippen molar-refractivity contribution in [1.82, 2.24) is 15.3 Å². The van der Waals surface area contributed by atoms with Crippen molar-refractivity contribution in [3.63, 3.8) is 0 Å². The zero-order chi connectivity index (χ0) is 14.4. The molecule has 0 atom stereocenters. The van der Waals surface area contributed by atoms with E-state index in [9.17, 15) is 0 Å². The van der Waals surface area contributed by atoms with Gasteiger partial charge in [0.05, 0.1) is 17.6 Å². The minimum atomic E-state index is 0.508. The second kappa shape index (κ2) is 7.36. The number of pyridine rings is 1. The third-order valence-corrected chi connectivity index (χ3v) is 4.01. The third kappa shape index (κ3) is 4.28. The highest BCUT2D eigenvalue weighted by molar-refractivity contribution is 7.11. The molecule has 108 valence electrons. The van der Waals surface area contributed by atoms with Gasteiger partial charge in [-0.1, -0.05) is 6.92 Å². The van der Waals surface area contributed by atoms with E-state index in [0.717, 1.165) is 41.7 Å². The van der Waals surface area contributed by atoms with E-state index < -0.39 is 0 Å². The van der Waals surface area contributed by atoms with Crippen LogP contribution in [0.1, 0.15) is 34.6 Å². The van der Waals surface area contributed by atoms with Crippen molar-refractivity contribution >= 4 is 11.3 Å². The smallest absolute Gasteiger partial charge is 0.140 e. The zero-order valence-electron chi connectivity index (χ0n) is 12.3. The van der Waals surface area contributed by atoms with E-state index in [1.165, 1.54) is 4.88 Å². The number of ether oxygens (including phenoxy) is 1. The lowest BCUT2D eigenvalue weighted by Crippen LogP contribution is -2.14. The Kier molecular flexibility index (Phi) is 5.49. The molecule has 0 fully saturated rings. The second-order valence-electron chi connectivity index (χ2n) is 4.70. The minimum absolute atomic E-state index is 0.508. The van der Waals surface area contributed by atoms with Gasteiger partial charge in [-0.3, -0.25) is 4.98 Å². The minimum Gasteiger partial charge on any atom is -0.485 e. The van der Waals surface area contributed by atoms with Gasteiger partial charge in [0, 0.05) is 11.4 Å². The lowest BCUT2D eigenvalue weighted by Gasteiger charge is -2.05. The second-order valence-corrected chi connectivity index (χ2v) is 5.99. The molecule has 0 aromatic carbocycles. The molecule has 0 saturated carbocycles. The first-order valence-electron chi connectivity index (χ1n) is 6.90. The van der Waals surface area contributed by atoms with Crippen LogP contribution in [-0.4, -0.2) is 16.5 Å². The maximum atomic E-state index is 5.71. The number of aromatic nitrogens is 2. The Labute approximate surface area is 124 Å². The molecule has 2 aromatic rings. The summed E-state index contributed by atoms with van der Waals surface area (Å²) in [4.78, 5) is 10.1. The summed E-state index contributed by atoms with van der Waals surface area (Å²) >= 11 is 1.68. The van der Waals surface area contributed by atoms with Gasteiger partial charge in [0.1, 0.15) is 17.4 Å². The summed E-state index contributed by atoms with van der Waals surface area (Å²) in [6.45, 7) is 8.58. The van der Waals surface area contributed by atoms with E-state index in [-0.39, 0.29) is 0 Å². The van der Waals surface area contributed by atoms with Crippen molar-refractivity contribution in [1.29, 1.82) is 0 Å². The van der Waals surface area contributed by atoms with Crippen LogP contribution in [0.5, 0.6) is 5.75 Å². The molecule has 0 bridgehead atoms. The molecular formula is C15H21N3OS. The van der Waals surface area contributed by atoms with Crippen molar-refractivity contribution in [3.8, 4) is 5.75 Å². The lowest BCUT2D eigenvalue weighted by molar-refractivity contribution is 0.304. The predicted molar refractivity (Wildman–Crippen MR) is 82.2 cm³/mol. The Morgan fingerprint density at radius 1 is 1.30 bits per heavy atom. The normalized spacial score (nSPS) is 10.8. The summed E-state index contributed by atoms with van der Waals surface area (Å²) < 4.78 is 5.71. The average Bonchev–Trinajstić information content (AvgIpc) is 2.77. The van der Waals surface area contributed by atoms with Crippen LogP contribution in [0, 0.1) is 13.8 Å². The highest BCUT2D eigenvalue weighted by atomic mass is 32.1. The topological polar surface area (TPSA) is 47.0 Å². The molecule has 0 spiro atoms. The molecule has 5 heteroatoms. The molecule has 0 unspecified atom stereocenters. The number of aryl methyl sites for hydroxylation is 2. The van der Waals surface area contributed by atoms with E-state index in [1.807, 2.05) is 19.1 Å². The Hall–Kier alpha value is -1.46. The summed E-state index contributed by atoms with van der Waals surface area (Å²) in [7, 11) is 0. The van der Waals surface area contributed by atoms with Crippen LogP contribution in [0.3, 0.4) is 0 Å². The molecule has 0 aliphatic heterocycles. The molecule has 0 amide bonds. The Morgan fingerprint density at radius 3 is 2.75 bits per heavy atom. The van der Waals surface area contributed by atoms with Gasteiger partial charge < -0.3 is 10.1 Å². The maximum absolute atomic E-state index is 5.71. The van der Waals surface area contributed by atoms with E-state index in [2.05, 4.69) is 29.1 Å². The molecule has 0 saturated heterocycles. The summed E-state index contributed by atoms with van der Waals surface area (Å²) in [5, 5.41) is 4.33. The van der Waals surface area contributed by atoms with E-state index in [1.54, 1.807) is 17.5 Å². The Bertz CT molecular complexity index is 517. The maximum Gasteiger partial charge on any atom is 0.140 e. The van der Waals surface area contributed by atoms with Crippen molar-refractivity contribution in [2.24, 2.45) is 0 Å². The third-order valence-electron chi connectivity index (χ3n) is 2.97. The molecule has 2 heterocycles. The molecule has 4 nitrogen and oxygen atoms in total.